The number of rotatable bonds is 8. The van der Waals surface area contributed by atoms with Crippen LogP contribution in [0.2, 0.25) is 0 Å². The number of hydrogen-bond donors (Lipinski definition) is 0. The molecule has 1 unspecified atom stereocenters. The Labute approximate surface area is 191 Å². The maximum atomic E-state index is 12.2. The molecule has 4 aromatic rings. The summed E-state index contributed by atoms with van der Waals surface area (Å²) in [4.78, 5) is 12.2. The largest absolute Gasteiger partial charge is 0.468 e. The molecule has 0 saturated heterocycles. The fraction of sp³-hybridized carbons (Fsp3) is 0.280. The van der Waals surface area contributed by atoms with Crippen LogP contribution in [0, 0.1) is 5.92 Å². The first-order valence-electron chi connectivity index (χ1n) is 10.5. The van der Waals surface area contributed by atoms with E-state index >= 15 is 0 Å². The zero-order valence-corrected chi connectivity index (χ0v) is 18.9. The number of aromatic nitrogens is 3. The van der Waals surface area contributed by atoms with Gasteiger partial charge in [0, 0.05) is 29.7 Å². The quantitative estimate of drug-likeness (QED) is 0.279. The molecule has 33 heavy (non-hydrogen) atoms. The minimum absolute atomic E-state index is 0.00748. The second-order valence-corrected chi connectivity index (χ2v) is 7.91. The fourth-order valence-electron chi connectivity index (χ4n) is 3.68. The zero-order valence-electron chi connectivity index (χ0n) is 18.9. The summed E-state index contributed by atoms with van der Waals surface area (Å²) in [6.07, 6.45) is 0. The highest BCUT2D eigenvalue weighted by atomic mass is 16.7. The first-order chi connectivity index (χ1) is 16.0. The van der Waals surface area contributed by atoms with Crippen molar-refractivity contribution in [3.05, 3.63) is 60.4 Å². The van der Waals surface area contributed by atoms with Crippen molar-refractivity contribution in [2.75, 3.05) is 21.0 Å². The van der Waals surface area contributed by atoms with Crippen molar-refractivity contribution in [1.82, 2.24) is 15.4 Å². The van der Waals surface area contributed by atoms with E-state index in [9.17, 15) is 4.79 Å². The molecule has 0 aliphatic carbocycles. The van der Waals surface area contributed by atoms with Crippen LogP contribution in [-0.2, 0) is 14.3 Å². The van der Waals surface area contributed by atoms with Gasteiger partial charge in [-0.3, -0.25) is 4.79 Å². The Kier molecular flexibility index (Phi) is 6.65. The monoisotopic (exact) mass is 447 g/mol. The van der Waals surface area contributed by atoms with E-state index < -0.39 is 5.92 Å². The van der Waals surface area contributed by atoms with Gasteiger partial charge in [-0.05, 0) is 36.2 Å². The van der Waals surface area contributed by atoms with Gasteiger partial charge in [-0.15, -0.1) is 10.2 Å². The lowest BCUT2D eigenvalue weighted by Gasteiger charge is -2.14. The van der Waals surface area contributed by atoms with Gasteiger partial charge in [0.25, 0.3) is 0 Å². The topological polar surface area (TPSA) is 96.6 Å². The number of methoxy groups -OCH3 is 2. The Bertz CT molecular complexity index is 1270. The summed E-state index contributed by atoms with van der Waals surface area (Å²) in [6, 6.07) is 17.1. The summed E-state index contributed by atoms with van der Waals surface area (Å²) in [5, 5.41) is 13.8. The summed E-state index contributed by atoms with van der Waals surface area (Å²) < 4.78 is 21.1. The first kappa shape index (κ1) is 22.4. The van der Waals surface area contributed by atoms with Crippen LogP contribution in [-0.4, -0.2) is 42.3 Å². The molecule has 0 N–H and O–H groups in total. The Balaban J connectivity index is 1.70. The molecule has 2 aromatic heterocycles. The van der Waals surface area contributed by atoms with Crippen LogP contribution in [0.15, 0.2) is 59.1 Å². The molecule has 1 atom stereocenters. The Morgan fingerprint density at radius 2 is 1.82 bits per heavy atom. The van der Waals surface area contributed by atoms with Crippen LogP contribution < -0.4 is 4.74 Å². The Hall–Kier alpha value is -3.78. The number of fused-ring (bicyclic) bond motifs is 1. The van der Waals surface area contributed by atoms with Crippen LogP contribution in [0.4, 0.5) is 0 Å². The predicted octanol–water partition coefficient (Wildman–Crippen LogP) is 4.85. The Morgan fingerprint density at radius 1 is 1.00 bits per heavy atom. The van der Waals surface area contributed by atoms with Gasteiger partial charge in [0.1, 0.15) is 17.4 Å². The number of ether oxygens (including phenoxy) is 3. The van der Waals surface area contributed by atoms with Crippen molar-refractivity contribution in [2.45, 2.75) is 19.8 Å². The lowest BCUT2D eigenvalue weighted by molar-refractivity contribution is -0.144. The van der Waals surface area contributed by atoms with Gasteiger partial charge in [-0.1, -0.05) is 37.2 Å². The van der Waals surface area contributed by atoms with Gasteiger partial charge in [0.15, 0.2) is 12.6 Å². The van der Waals surface area contributed by atoms with E-state index in [2.05, 4.69) is 15.4 Å². The van der Waals surface area contributed by atoms with Crippen molar-refractivity contribution < 1.29 is 23.5 Å². The van der Waals surface area contributed by atoms with E-state index in [1.54, 1.807) is 13.2 Å². The molecule has 4 rings (SSSR count). The number of benzene rings is 2. The molecule has 0 aliphatic heterocycles. The van der Waals surface area contributed by atoms with Gasteiger partial charge >= 0.3 is 5.97 Å². The highest BCUT2D eigenvalue weighted by molar-refractivity contribution is 5.87. The average Bonchev–Trinajstić information content (AvgIpc) is 3.31. The fourth-order valence-corrected chi connectivity index (χ4v) is 3.68. The third-order valence-electron chi connectivity index (χ3n) is 5.33. The molecule has 0 radical (unpaired) electrons. The van der Waals surface area contributed by atoms with Crippen molar-refractivity contribution in [2.24, 2.45) is 5.92 Å². The van der Waals surface area contributed by atoms with E-state index in [0.717, 1.165) is 22.0 Å². The van der Waals surface area contributed by atoms with E-state index in [1.165, 1.54) is 7.11 Å². The average molecular weight is 447 g/mol. The smallest absolute Gasteiger partial charge is 0.316 e. The van der Waals surface area contributed by atoms with Crippen LogP contribution in [0.3, 0.4) is 0 Å². The molecule has 0 amide bonds. The first-order valence-corrected chi connectivity index (χ1v) is 10.5. The van der Waals surface area contributed by atoms with Crippen LogP contribution >= 0.6 is 0 Å². The number of para-hydroxylation sites is 1. The van der Waals surface area contributed by atoms with Crippen LogP contribution in [0.5, 0.6) is 5.75 Å². The molecular weight excluding hydrogens is 422 g/mol. The lowest BCUT2D eigenvalue weighted by Crippen LogP contribution is -2.18. The lowest BCUT2D eigenvalue weighted by atomic mass is 9.93. The van der Waals surface area contributed by atoms with Crippen molar-refractivity contribution in [3.8, 4) is 28.3 Å². The normalized spacial score (nSPS) is 12.2. The van der Waals surface area contributed by atoms with E-state index in [1.807, 2.05) is 62.4 Å². The Morgan fingerprint density at radius 3 is 2.58 bits per heavy atom. The summed E-state index contributed by atoms with van der Waals surface area (Å²) in [5.74, 6) is 0.281. The second kappa shape index (κ2) is 9.79. The van der Waals surface area contributed by atoms with Crippen molar-refractivity contribution >= 4 is 16.9 Å². The maximum Gasteiger partial charge on any atom is 0.316 e. The maximum absolute atomic E-state index is 12.2. The van der Waals surface area contributed by atoms with Crippen molar-refractivity contribution in [1.29, 1.82) is 0 Å². The molecule has 0 aliphatic rings. The van der Waals surface area contributed by atoms with Gasteiger partial charge in [0.2, 0.25) is 0 Å². The molecule has 0 fully saturated rings. The molecule has 0 spiro atoms. The molecule has 170 valence electrons. The molecule has 0 saturated carbocycles. The van der Waals surface area contributed by atoms with Gasteiger partial charge in [-0.25, -0.2) is 0 Å². The van der Waals surface area contributed by atoms with Gasteiger partial charge < -0.3 is 18.7 Å². The number of hydrogen-bond acceptors (Lipinski definition) is 8. The third-order valence-corrected chi connectivity index (χ3v) is 5.33. The minimum Gasteiger partial charge on any atom is -0.468 e. The second-order valence-electron chi connectivity index (χ2n) is 7.91. The molecule has 2 heterocycles. The van der Waals surface area contributed by atoms with E-state index in [0.29, 0.717) is 22.9 Å². The molecule has 8 nitrogen and oxygen atoms in total. The highest BCUT2D eigenvalue weighted by Gasteiger charge is 2.29. The van der Waals surface area contributed by atoms with E-state index in [-0.39, 0.29) is 18.7 Å². The van der Waals surface area contributed by atoms with Crippen LogP contribution in [0.25, 0.3) is 33.4 Å². The van der Waals surface area contributed by atoms with E-state index in [4.69, 9.17) is 18.7 Å². The molecule has 8 heteroatoms. The SMILES string of the molecule is COCOc1ccccc1-c1cc2cc(-c3cc(C(C(=O)OC)C(C)C)on3)ccc2nn1. The number of carbonyl (C=O) groups excluding carboxylic acids is 1. The third kappa shape index (κ3) is 4.70. The summed E-state index contributed by atoms with van der Waals surface area (Å²) in [7, 11) is 2.94. The summed E-state index contributed by atoms with van der Waals surface area (Å²) >= 11 is 0. The molecular formula is C25H25N3O5. The molecule has 2 aromatic carbocycles. The van der Waals surface area contributed by atoms with Crippen molar-refractivity contribution in [3.63, 3.8) is 0 Å². The van der Waals surface area contributed by atoms with Gasteiger partial charge in [0.05, 0.1) is 18.3 Å². The van der Waals surface area contributed by atoms with Crippen LogP contribution in [0.1, 0.15) is 25.5 Å². The highest BCUT2D eigenvalue weighted by Crippen LogP contribution is 2.32. The summed E-state index contributed by atoms with van der Waals surface area (Å²) in [6.45, 7) is 4.02. The zero-order chi connectivity index (χ0) is 23.4. The van der Waals surface area contributed by atoms with Gasteiger partial charge in [-0.2, -0.15) is 0 Å². The molecule has 0 bridgehead atoms. The number of esters is 1. The standard InChI is InChI=1S/C25H25N3O5/c1-15(2)24(25(29)31-4)23-13-20(28-33-23)16-9-10-19-17(11-16)12-21(27-26-19)18-7-5-6-8-22(18)32-14-30-3/h5-13,15,24H,14H2,1-4H3. The number of carbonyl (C=O) groups is 1. The minimum atomic E-state index is -0.516. The predicted molar refractivity (Wildman–Crippen MR) is 123 cm³/mol. The summed E-state index contributed by atoms with van der Waals surface area (Å²) in [5.41, 5.74) is 3.71. The number of nitrogens with zero attached hydrogens (tertiary/aromatic N) is 3.